The summed E-state index contributed by atoms with van der Waals surface area (Å²) in [4.78, 5) is 0. The highest BCUT2D eigenvalue weighted by molar-refractivity contribution is 5.37. The van der Waals surface area contributed by atoms with Crippen LogP contribution >= 0.6 is 0 Å². The zero-order valence-electron chi connectivity index (χ0n) is 12.9. The second-order valence-electron chi connectivity index (χ2n) is 5.25. The molecule has 4 nitrogen and oxygen atoms in total. The fourth-order valence-corrected chi connectivity index (χ4v) is 2.20. The summed E-state index contributed by atoms with van der Waals surface area (Å²) in [6.45, 7) is 4.90. The third kappa shape index (κ3) is 4.33. The van der Waals surface area contributed by atoms with Gasteiger partial charge in [-0.25, -0.2) is 4.68 Å². The number of hydrogen-bond donors (Lipinski definition) is 1. The maximum Gasteiger partial charge on any atom is 0.119 e. The van der Waals surface area contributed by atoms with Gasteiger partial charge in [-0.2, -0.15) is 5.10 Å². The van der Waals surface area contributed by atoms with Crippen molar-refractivity contribution in [3.63, 3.8) is 0 Å². The van der Waals surface area contributed by atoms with Crippen LogP contribution in [0.15, 0.2) is 30.5 Å². The molecule has 0 saturated heterocycles. The second-order valence-corrected chi connectivity index (χ2v) is 5.25. The lowest BCUT2D eigenvalue weighted by molar-refractivity contribution is 0.281. The largest absolute Gasteiger partial charge is 0.494 e. The normalized spacial score (nSPS) is 10.8. The Morgan fingerprint density at radius 3 is 2.52 bits per heavy atom. The van der Waals surface area contributed by atoms with Crippen LogP contribution in [-0.4, -0.2) is 21.5 Å². The number of ether oxygens (including phenoxy) is 1. The second kappa shape index (κ2) is 7.84. The molecule has 0 fully saturated rings. The summed E-state index contributed by atoms with van der Waals surface area (Å²) in [5, 5.41) is 13.6. The first-order chi connectivity index (χ1) is 10.2. The van der Waals surface area contributed by atoms with Crippen LogP contribution in [0.3, 0.4) is 0 Å². The molecular weight excluding hydrogens is 264 g/mol. The minimum Gasteiger partial charge on any atom is -0.494 e. The fourth-order valence-electron chi connectivity index (χ4n) is 2.20. The predicted molar refractivity (Wildman–Crippen MR) is 83.9 cm³/mol. The summed E-state index contributed by atoms with van der Waals surface area (Å²) in [5.41, 5.74) is 2.68. The lowest BCUT2D eigenvalue weighted by atomic mass is 10.2. The molecule has 2 rings (SSSR count). The number of unbranched alkanes of at least 4 members (excludes halogenated alkanes) is 3. The molecule has 21 heavy (non-hydrogen) atoms. The Morgan fingerprint density at radius 1 is 1.14 bits per heavy atom. The molecule has 0 radical (unpaired) electrons. The zero-order chi connectivity index (χ0) is 15.1. The van der Waals surface area contributed by atoms with Gasteiger partial charge in [0.25, 0.3) is 0 Å². The lowest BCUT2D eigenvalue weighted by Crippen LogP contribution is -1.98. The lowest BCUT2D eigenvalue weighted by Gasteiger charge is -2.07. The topological polar surface area (TPSA) is 47.3 Å². The summed E-state index contributed by atoms with van der Waals surface area (Å²) >= 11 is 0. The van der Waals surface area contributed by atoms with E-state index in [9.17, 15) is 5.11 Å². The number of rotatable bonds is 8. The summed E-state index contributed by atoms with van der Waals surface area (Å²) in [6, 6.07) is 7.89. The third-order valence-corrected chi connectivity index (χ3v) is 3.54. The van der Waals surface area contributed by atoms with E-state index in [1.54, 1.807) is 4.68 Å². The molecule has 0 spiro atoms. The van der Waals surface area contributed by atoms with Crippen LogP contribution in [-0.2, 0) is 6.61 Å². The summed E-state index contributed by atoms with van der Waals surface area (Å²) in [7, 11) is 0. The molecule has 0 bridgehead atoms. The fraction of sp³-hybridized carbons (Fsp3) is 0.471. The van der Waals surface area contributed by atoms with Gasteiger partial charge in [-0.05, 0) is 37.6 Å². The molecule has 1 heterocycles. The van der Waals surface area contributed by atoms with Gasteiger partial charge >= 0.3 is 0 Å². The van der Waals surface area contributed by atoms with Gasteiger partial charge < -0.3 is 9.84 Å². The number of hydrogen-bond acceptors (Lipinski definition) is 3. The molecule has 1 aromatic heterocycles. The van der Waals surface area contributed by atoms with E-state index in [0.717, 1.165) is 35.7 Å². The molecule has 0 aliphatic carbocycles. The molecule has 0 aliphatic heterocycles. The predicted octanol–water partition coefficient (Wildman–Crippen LogP) is 3.63. The van der Waals surface area contributed by atoms with Crippen molar-refractivity contribution in [3.8, 4) is 11.4 Å². The van der Waals surface area contributed by atoms with Gasteiger partial charge in [0.1, 0.15) is 5.75 Å². The molecule has 0 unspecified atom stereocenters. The van der Waals surface area contributed by atoms with Crippen molar-refractivity contribution in [3.05, 3.63) is 41.7 Å². The Kier molecular flexibility index (Phi) is 5.81. The monoisotopic (exact) mass is 288 g/mol. The van der Waals surface area contributed by atoms with Crippen LogP contribution < -0.4 is 4.74 Å². The highest BCUT2D eigenvalue weighted by Gasteiger charge is 2.05. The van der Waals surface area contributed by atoms with E-state index in [2.05, 4.69) is 12.0 Å². The molecule has 0 aliphatic rings. The van der Waals surface area contributed by atoms with E-state index in [1.165, 1.54) is 19.3 Å². The van der Waals surface area contributed by atoms with E-state index >= 15 is 0 Å². The molecule has 2 aromatic rings. The first-order valence-electron chi connectivity index (χ1n) is 7.64. The van der Waals surface area contributed by atoms with Crippen molar-refractivity contribution in [2.45, 2.75) is 46.1 Å². The van der Waals surface area contributed by atoms with E-state index < -0.39 is 0 Å². The van der Waals surface area contributed by atoms with Crippen LogP contribution in [0.5, 0.6) is 5.75 Å². The number of aromatic nitrogens is 2. The summed E-state index contributed by atoms with van der Waals surface area (Å²) in [6.07, 6.45) is 6.71. The van der Waals surface area contributed by atoms with Crippen molar-refractivity contribution >= 4 is 0 Å². The third-order valence-electron chi connectivity index (χ3n) is 3.54. The minimum absolute atomic E-state index is 0.0186. The zero-order valence-corrected chi connectivity index (χ0v) is 12.9. The van der Waals surface area contributed by atoms with Crippen molar-refractivity contribution < 1.29 is 9.84 Å². The van der Waals surface area contributed by atoms with Crippen LogP contribution in [0, 0.1) is 6.92 Å². The van der Waals surface area contributed by atoms with Gasteiger partial charge in [0.05, 0.1) is 24.6 Å². The Labute approximate surface area is 126 Å². The van der Waals surface area contributed by atoms with Crippen molar-refractivity contribution in [1.29, 1.82) is 0 Å². The Balaban J connectivity index is 1.92. The standard InChI is InChI=1S/C17H24N2O2/c1-3-4-5-6-11-21-17-9-7-16(8-10-17)19-12-15(13-20)14(2)18-19/h7-10,12,20H,3-6,11,13H2,1-2H3. The van der Waals surface area contributed by atoms with Crippen LogP contribution in [0.25, 0.3) is 5.69 Å². The molecule has 0 saturated carbocycles. The van der Waals surface area contributed by atoms with Gasteiger partial charge in [-0.15, -0.1) is 0 Å². The minimum atomic E-state index is 0.0186. The Hall–Kier alpha value is -1.81. The number of aliphatic hydroxyl groups excluding tert-OH is 1. The maximum atomic E-state index is 9.21. The molecule has 114 valence electrons. The van der Waals surface area contributed by atoms with Crippen molar-refractivity contribution in [2.75, 3.05) is 6.61 Å². The van der Waals surface area contributed by atoms with E-state index in [1.807, 2.05) is 37.4 Å². The molecule has 1 aromatic carbocycles. The number of aliphatic hydroxyl groups is 1. The van der Waals surface area contributed by atoms with Gasteiger partial charge in [0.2, 0.25) is 0 Å². The SMILES string of the molecule is CCCCCCOc1ccc(-n2cc(CO)c(C)n2)cc1. The Bertz CT molecular complexity index is 546. The average Bonchev–Trinajstić information content (AvgIpc) is 2.89. The summed E-state index contributed by atoms with van der Waals surface area (Å²) in [5.74, 6) is 0.890. The van der Waals surface area contributed by atoms with Crippen LogP contribution in [0.2, 0.25) is 0 Å². The highest BCUT2D eigenvalue weighted by atomic mass is 16.5. The van der Waals surface area contributed by atoms with Gasteiger partial charge in [0, 0.05) is 11.8 Å². The van der Waals surface area contributed by atoms with Gasteiger partial charge in [0.15, 0.2) is 0 Å². The number of nitrogens with zero attached hydrogens (tertiary/aromatic N) is 2. The van der Waals surface area contributed by atoms with E-state index in [4.69, 9.17) is 4.74 Å². The smallest absolute Gasteiger partial charge is 0.119 e. The van der Waals surface area contributed by atoms with E-state index in [0.29, 0.717) is 0 Å². The average molecular weight is 288 g/mol. The molecule has 4 heteroatoms. The van der Waals surface area contributed by atoms with Crippen molar-refractivity contribution in [2.24, 2.45) is 0 Å². The van der Waals surface area contributed by atoms with Crippen molar-refractivity contribution in [1.82, 2.24) is 9.78 Å². The molecule has 0 atom stereocenters. The quantitative estimate of drug-likeness (QED) is 0.754. The maximum absolute atomic E-state index is 9.21. The highest BCUT2D eigenvalue weighted by Crippen LogP contribution is 2.17. The molecular formula is C17H24N2O2. The first kappa shape index (κ1) is 15.6. The van der Waals surface area contributed by atoms with Crippen LogP contribution in [0.4, 0.5) is 0 Å². The molecule has 0 amide bonds. The first-order valence-corrected chi connectivity index (χ1v) is 7.64. The van der Waals surface area contributed by atoms with E-state index in [-0.39, 0.29) is 6.61 Å². The van der Waals surface area contributed by atoms with Crippen LogP contribution in [0.1, 0.15) is 43.9 Å². The number of aryl methyl sites for hydroxylation is 1. The molecule has 1 N–H and O–H groups in total. The van der Waals surface area contributed by atoms with Gasteiger partial charge in [-0.1, -0.05) is 26.2 Å². The number of benzene rings is 1. The summed E-state index contributed by atoms with van der Waals surface area (Å²) < 4.78 is 7.51. The van der Waals surface area contributed by atoms with Gasteiger partial charge in [-0.3, -0.25) is 0 Å². The Morgan fingerprint density at radius 2 is 1.90 bits per heavy atom.